The van der Waals surface area contributed by atoms with Crippen LogP contribution in [0.15, 0.2) is 47.6 Å². The average Bonchev–Trinajstić information content (AvgIpc) is 2.72. The smallest absolute Gasteiger partial charge is 0.305 e. The summed E-state index contributed by atoms with van der Waals surface area (Å²) in [5, 5.41) is 30.0. The van der Waals surface area contributed by atoms with Gasteiger partial charge in [-0.1, -0.05) is 62.6 Å². The summed E-state index contributed by atoms with van der Waals surface area (Å²) >= 11 is 0. The van der Waals surface area contributed by atoms with Crippen molar-refractivity contribution in [2.75, 3.05) is 7.11 Å². The van der Waals surface area contributed by atoms with E-state index in [4.69, 9.17) is 0 Å². The third-order valence-electron chi connectivity index (χ3n) is 5.06. The van der Waals surface area contributed by atoms with Crippen LogP contribution in [0.25, 0.3) is 0 Å². The van der Waals surface area contributed by atoms with Crippen molar-refractivity contribution in [1.82, 2.24) is 0 Å². The molecule has 29 heavy (non-hydrogen) atoms. The van der Waals surface area contributed by atoms with E-state index in [0.717, 1.165) is 44.1 Å². The second kappa shape index (κ2) is 15.2. The minimum atomic E-state index is -0.831. The number of aliphatic hydroxyl groups excluding tert-OH is 3. The quantitative estimate of drug-likeness (QED) is 0.316. The maximum atomic E-state index is 11.1. The molecule has 0 fully saturated rings. The fourth-order valence-corrected chi connectivity index (χ4v) is 3.23. The van der Waals surface area contributed by atoms with Gasteiger partial charge in [-0.15, -0.1) is 0 Å². The Kier molecular flexibility index (Phi) is 13.3. The monoisotopic (exact) mass is 406 g/mol. The lowest BCUT2D eigenvalue weighted by atomic mass is 9.94. The number of rotatable bonds is 13. The molecule has 3 atom stereocenters. The molecule has 0 bridgehead atoms. The first-order valence-electron chi connectivity index (χ1n) is 10.8. The standard InChI is InChI=1S/C24H38O5/c1-3-4-5-14-22(26)23(27)17-16-20-10-6-9-19(18-20)11-7-12-21(25)13-8-15-24(28)29-2/h7,11-12,16-18,21-23,25-27H,3-6,8-10,13-15H2,1-2H3/b12-7+,17-16+,19-11-/t21-,22-,23-/m1/s1. The molecule has 0 aromatic rings. The molecule has 0 saturated heterocycles. The SMILES string of the molecule is CCCCC[C@@H](O)[C@H](O)/C=C/C1=CC(=C\C=C\[C@@H](O)CCCC(=O)OC)/CCC1. The van der Waals surface area contributed by atoms with E-state index < -0.39 is 18.3 Å². The lowest BCUT2D eigenvalue weighted by Crippen LogP contribution is -2.23. The highest BCUT2D eigenvalue weighted by molar-refractivity contribution is 5.68. The Morgan fingerprint density at radius 1 is 1.14 bits per heavy atom. The van der Waals surface area contributed by atoms with Crippen molar-refractivity contribution in [3.05, 3.63) is 47.6 Å². The lowest BCUT2D eigenvalue weighted by molar-refractivity contribution is -0.140. The molecule has 0 aromatic heterocycles. The van der Waals surface area contributed by atoms with E-state index in [2.05, 4.69) is 17.7 Å². The van der Waals surface area contributed by atoms with E-state index in [1.807, 2.05) is 18.2 Å². The normalized spacial score (nSPS) is 19.5. The summed E-state index contributed by atoms with van der Waals surface area (Å²) in [5.74, 6) is -0.255. The summed E-state index contributed by atoms with van der Waals surface area (Å²) in [6, 6.07) is 0. The second-order valence-corrected chi connectivity index (χ2v) is 7.65. The molecule has 0 radical (unpaired) electrons. The summed E-state index contributed by atoms with van der Waals surface area (Å²) < 4.78 is 4.58. The van der Waals surface area contributed by atoms with E-state index >= 15 is 0 Å². The fourth-order valence-electron chi connectivity index (χ4n) is 3.23. The molecule has 1 aliphatic carbocycles. The predicted octanol–water partition coefficient (Wildman–Crippen LogP) is 4.14. The molecule has 0 aromatic carbocycles. The zero-order valence-electron chi connectivity index (χ0n) is 17.9. The van der Waals surface area contributed by atoms with Gasteiger partial charge in [0.2, 0.25) is 0 Å². The maximum Gasteiger partial charge on any atom is 0.305 e. The van der Waals surface area contributed by atoms with Gasteiger partial charge >= 0.3 is 5.97 Å². The third-order valence-corrected chi connectivity index (χ3v) is 5.06. The van der Waals surface area contributed by atoms with Crippen LogP contribution in [-0.4, -0.2) is 46.7 Å². The van der Waals surface area contributed by atoms with Crippen molar-refractivity contribution < 1.29 is 24.9 Å². The summed E-state index contributed by atoms with van der Waals surface area (Å²) in [4.78, 5) is 11.1. The van der Waals surface area contributed by atoms with E-state index in [9.17, 15) is 20.1 Å². The van der Waals surface area contributed by atoms with Crippen molar-refractivity contribution in [2.45, 2.75) is 89.4 Å². The van der Waals surface area contributed by atoms with Gasteiger partial charge in [0.15, 0.2) is 0 Å². The van der Waals surface area contributed by atoms with E-state index in [1.165, 1.54) is 12.7 Å². The van der Waals surface area contributed by atoms with E-state index in [0.29, 0.717) is 25.7 Å². The van der Waals surface area contributed by atoms with Crippen LogP contribution in [0.1, 0.15) is 71.1 Å². The predicted molar refractivity (Wildman–Crippen MR) is 116 cm³/mol. The van der Waals surface area contributed by atoms with Gasteiger partial charge in [0, 0.05) is 6.42 Å². The van der Waals surface area contributed by atoms with Gasteiger partial charge in [0.1, 0.15) is 0 Å². The highest BCUT2D eigenvalue weighted by atomic mass is 16.5. The number of esters is 1. The summed E-state index contributed by atoms with van der Waals surface area (Å²) in [6.07, 6.45) is 17.3. The number of aliphatic hydroxyl groups is 3. The van der Waals surface area contributed by atoms with Crippen LogP contribution in [0.4, 0.5) is 0 Å². The number of hydrogen-bond donors (Lipinski definition) is 3. The molecule has 0 amide bonds. The first kappa shape index (κ1) is 25.3. The summed E-state index contributed by atoms with van der Waals surface area (Å²) in [5.41, 5.74) is 2.31. The Hall–Kier alpha value is -1.69. The number of hydrogen-bond acceptors (Lipinski definition) is 5. The molecule has 0 spiro atoms. The summed E-state index contributed by atoms with van der Waals surface area (Å²) in [6.45, 7) is 2.12. The Bertz CT molecular complexity index is 588. The first-order valence-corrected chi connectivity index (χ1v) is 10.8. The molecular weight excluding hydrogens is 368 g/mol. The summed E-state index contributed by atoms with van der Waals surface area (Å²) in [7, 11) is 1.36. The third kappa shape index (κ3) is 11.8. The van der Waals surface area contributed by atoms with Crippen LogP contribution < -0.4 is 0 Å². The molecule has 164 valence electrons. The largest absolute Gasteiger partial charge is 0.469 e. The number of allylic oxidation sites excluding steroid dienone is 6. The molecule has 0 unspecified atom stereocenters. The highest BCUT2D eigenvalue weighted by Crippen LogP contribution is 2.23. The van der Waals surface area contributed by atoms with E-state index in [1.54, 1.807) is 12.2 Å². The maximum absolute atomic E-state index is 11.1. The molecular formula is C24H38O5. The number of carbonyl (C=O) groups excluding carboxylic acids is 1. The Morgan fingerprint density at radius 2 is 1.93 bits per heavy atom. The zero-order valence-corrected chi connectivity index (χ0v) is 17.9. The topological polar surface area (TPSA) is 87.0 Å². The van der Waals surface area contributed by atoms with Crippen LogP contribution in [-0.2, 0) is 9.53 Å². The van der Waals surface area contributed by atoms with Crippen LogP contribution in [0, 0.1) is 0 Å². The molecule has 0 heterocycles. The van der Waals surface area contributed by atoms with Crippen LogP contribution >= 0.6 is 0 Å². The molecule has 5 nitrogen and oxygen atoms in total. The van der Waals surface area contributed by atoms with E-state index in [-0.39, 0.29) is 5.97 Å². The number of methoxy groups -OCH3 is 1. The molecule has 0 aliphatic heterocycles. The van der Waals surface area contributed by atoms with Gasteiger partial charge in [0.25, 0.3) is 0 Å². The molecule has 1 aliphatic rings. The van der Waals surface area contributed by atoms with Gasteiger partial charge in [0.05, 0.1) is 25.4 Å². The number of unbranched alkanes of at least 4 members (excludes halogenated alkanes) is 2. The Labute approximate surface area is 175 Å². The molecule has 0 saturated carbocycles. The van der Waals surface area contributed by atoms with Gasteiger partial charge in [-0.3, -0.25) is 4.79 Å². The van der Waals surface area contributed by atoms with Gasteiger partial charge < -0.3 is 20.1 Å². The number of carbonyl (C=O) groups is 1. The Morgan fingerprint density at radius 3 is 2.66 bits per heavy atom. The first-order chi connectivity index (χ1) is 14.0. The lowest BCUT2D eigenvalue weighted by Gasteiger charge is -2.16. The molecule has 1 rings (SSSR count). The van der Waals surface area contributed by atoms with Crippen molar-refractivity contribution in [2.24, 2.45) is 0 Å². The Balaban J connectivity index is 2.49. The minimum Gasteiger partial charge on any atom is -0.469 e. The van der Waals surface area contributed by atoms with Crippen molar-refractivity contribution in [1.29, 1.82) is 0 Å². The zero-order chi connectivity index (χ0) is 21.5. The van der Waals surface area contributed by atoms with Crippen molar-refractivity contribution in [3.63, 3.8) is 0 Å². The van der Waals surface area contributed by atoms with Gasteiger partial charge in [-0.05, 0) is 49.7 Å². The fraction of sp³-hybridized carbons (Fsp3) is 0.625. The molecule has 3 N–H and O–H groups in total. The number of ether oxygens (including phenoxy) is 1. The average molecular weight is 407 g/mol. The highest BCUT2D eigenvalue weighted by Gasteiger charge is 2.13. The van der Waals surface area contributed by atoms with Crippen molar-refractivity contribution in [3.8, 4) is 0 Å². The van der Waals surface area contributed by atoms with Crippen LogP contribution in [0.2, 0.25) is 0 Å². The van der Waals surface area contributed by atoms with Gasteiger partial charge in [-0.25, -0.2) is 0 Å². The minimum absolute atomic E-state index is 0.255. The van der Waals surface area contributed by atoms with Crippen molar-refractivity contribution >= 4 is 5.97 Å². The second-order valence-electron chi connectivity index (χ2n) is 7.65. The molecule has 5 heteroatoms. The van der Waals surface area contributed by atoms with Crippen LogP contribution in [0.3, 0.4) is 0 Å². The van der Waals surface area contributed by atoms with Crippen LogP contribution in [0.5, 0.6) is 0 Å². The van der Waals surface area contributed by atoms with Gasteiger partial charge in [-0.2, -0.15) is 0 Å².